The summed E-state index contributed by atoms with van der Waals surface area (Å²) in [5.41, 5.74) is 7.78. The van der Waals surface area contributed by atoms with Gasteiger partial charge in [0.25, 0.3) is 0 Å². The van der Waals surface area contributed by atoms with Gasteiger partial charge in [-0.1, -0.05) is 48.1 Å². The molecule has 0 unspecified atom stereocenters. The van der Waals surface area contributed by atoms with Crippen LogP contribution in [0.2, 0.25) is 0 Å². The molecule has 0 aliphatic heterocycles. The van der Waals surface area contributed by atoms with Gasteiger partial charge < -0.3 is 5.73 Å². The summed E-state index contributed by atoms with van der Waals surface area (Å²) < 4.78 is 0. The Morgan fingerprint density at radius 3 is 1.73 bits per heavy atom. The molecule has 0 amide bonds. The van der Waals surface area contributed by atoms with E-state index in [1.165, 1.54) is 0 Å². The van der Waals surface area contributed by atoms with Crippen molar-refractivity contribution in [1.82, 2.24) is 0 Å². The van der Waals surface area contributed by atoms with E-state index in [2.05, 4.69) is 53.1 Å². The zero-order chi connectivity index (χ0) is 12.3. The molecule has 2 heteroatoms. The highest BCUT2D eigenvalue weighted by Gasteiger charge is 2.29. The summed E-state index contributed by atoms with van der Waals surface area (Å²) >= 11 is 0. The Morgan fingerprint density at radius 2 is 1.53 bits per heavy atom. The first-order chi connectivity index (χ1) is 6.64. The van der Waals surface area contributed by atoms with Gasteiger partial charge in [-0.3, -0.25) is 4.99 Å². The van der Waals surface area contributed by atoms with Gasteiger partial charge in [-0.15, -0.1) is 0 Å². The molecule has 0 heterocycles. The van der Waals surface area contributed by atoms with Gasteiger partial charge >= 0.3 is 0 Å². The monoisotopic (exact) mass is 208 g/mol. The van der Waals surface area contributed by atoms with Crippen molar-refractivity contribution in [2.24, 2.45) is 21.6 Å². The summed E-state index contributed by atoms with van der Waals surface area (Å²) in [5.74, 6) is 0. The van der Waals surface area contributed by atoms with E-state index >= 15 is 0 Å². The molecular formula is C13H24N2. The van der Waals surface area contributed by atoms with Crippen LogP contribution >= 0.6 is 0 Å². The topological polar surface area (TPSA) is 38.4 Å². The predicted octanol–water partition coefficient (Wildman–Crippen LogP) is 3.51. The summed E-state index contributed by atoms with van der Waals surface area (Å²) in [4.78, 5) is 4.37. The maximum atomic E-state index is 5.71. The van der Waals surface area contributed by atoms with Gasteiger partial charge in [0.2, 0.25) is 0 Å². The fourth-order valence-electron chi connectivity index (χ4n) is 1.44. The van der Waals surface area contributed by atoms with E-state index in [1.54, 1.807) is 12.4 Å². The molecule has 86 valence electrons. The highest BCUT2D eigenvalue weighted by molar-refractivity contribution is 6.04. The summed E-state index contributed by atoms with van der Waals surface area (Å²) in [6.07, 6.45) is 3.24. The second-order valence-electron chi connectivity index (χ2n) is 5.74. The van der Waals surface area contributed by atoms with Crippen molar-refractivity contribution in [1.29, 1.82) is 0 Å². The van der Waals surface area contributed by atoms with E-state index < -0.39 is 0 Å². The molecule has 2 nitrogen and oxygen atoms in total. The zero-order valence-electron chi connectivity index (χ0n) is 10.9. The van der Waals surface area contributed by atoms with Crippen molar-refractivity contribution in [3.63, 3.8) is 0 Å². The molecule has 0 atom stereocenters. The SMILES string of the molecule is C=CN=C(/C(=C\N)C(C)(C)C)C(C)(C)C. The molecule has 0 aromatic carbocycles. The quantitative estimate of drug-likeness (QED) is 0.693. The number of allylic oxidation sites excluding steroid dienone is 1. The fourth-order valence-corrected chi connectivity index (χ4v) is 1.44. The van der Waals surface area contributed by atoms with Crippen molar-refractivity contribution < 1.29 is 0 Å². The van der Waals surface area contributed by atoms with Crippen molar-refractivity contribution >= 4 is 5.71 Å². The van der Waals surface area contributed by atoms with Gasteiger partial charge in [-0.25, -0.2) is 0 Å². The summed E-state index contributed by atoms with van der Waals surface area (Å²) in [6.45, 7) is 16.5. The molecule has 0 bridgehead atoms. The number of hydrogen-bond donors (Lipinski definition) is 1. The molecule has 0 radical (unpaired) electrons. The third kappa shape index (κ3) is 3.90. The number of aliphatic imine (C=N–C) groups is 1. The number of nitrogens with two attached hydrogens (primary N) is 1. The smallest absolute Gasteiger partial charge is 0.0508 e. The maximum Gasteiger partial charge on any atom is 0.0508 e. The lowest BCUT2D eigenvalue weighted by Gasteiger charge is -2.31. The Hall–Kier alpha value is -1.05. The Morgan fingerprint density at radius 1 is 1.07 bits per heavy atom. The van der Waals surface area contributed by atoms with E-state index in [0.29, 0.717) is 0 Å². The van der Waals surface area contributed by atoms with Gasteiger partial charge in [0.1, 0.15) is 0 Å². The first-order valence-electron chi connectivity index (χ1n) is 5.26. The van der Waals surface area contributed by atoms with Crippen LogP contribution in [-0.2, 0) is 0 Å². The van der Waals surface area contributed by atoms with Crippen LogP contribution in [0.4, 0.5) is 0 Å². The summed E-state index contributed by atoms with van der Waals surface area (Å²) in [7, 11) is 0. The minimum absolute atomic E-state index is 0.00384. The molecule has 0 spiro atoms. The minimum Gasteiger partial charge on any atom is -0.404 e. The normalized spacial score (nSPS) is 15.3. The highest BCUT2D eigenvalue weighted by atomic mass is 14.7. The van der Waals surface area contributed by atoms with Crippen LogP contribution in [0.5, 0.6) is 0 Å². The maximum absolute atomic E-state index is 5.71. The molecule has 0 saturated carbocycles. The largest absolute Gasteiger partial charge is 0.404 e. The minimum atomic E-state index is -0.0212. The van der Waals surface area contributed by atoms with Crippen LogP contribution in [0.15, 0.2) is 29.5 Å². The molecule has 0 fully saturated rings. The lowest BCUT2D eigenvalue weighted by atomic mass is 9.75. The predicted molar refractivity (Wildman–Crippen MR) is 68.8 cm³/mol. The molecule has 0 aromatic heterocycles. The van der Waals surface area contributed by atoms with Gasteiger partial charge in [-0.2, -0.15) is 0 Å². The average Bonchev–Trinajstić information content (AvgIpc) is 2.00. The standard InChI is InChI=1S/C13H24N2/c1-8-15-11(13(5,6)7)10(9-14)12(2,3)4/h8-9H,1,14H2,2-7H3/b10-9+,15-11?. The summed E-state index contributed by atoms with van der Waals surface area (Å²) in [6, 6.07) is 0. The lowest BCUT2D eigenvalue weighted by molar-refractivity contribution is 0.500. The molecule has 0 aromatic rings. The Labute approximate surface area is 94.0 Å². The van der Waals surface area contributed by atoms with Crippen LogP contribution in [0, 0.1) is 10.8 Å². The van der Waals surface area contributed by atoms with Gasteiger partial charge in [0.05, 0.1) is 5.71 Å². The zero-order valence-corrected chi connectivity index (χ0v) is 10.9. The van der Waals surface area contributed by atoms with Crippen molar-refractivity contribution in [2.75, 3.05) is 0 Å². The molecule has 2 N–H and O–H groups in total. The first kappa shape index (κ1) is 13.9. The fraction of sp³-hybridized carbons (Fsp3) is 0.615. The third-order valence-corrected chi connectivity index (χ3v) is 2.16. The first-order valence-corrected chi connectivity index (χ1v) is 5.26. The third-order valence-electron chi connectivity index (χ3n) is 2.16. The number of nitrogens with zero attached hydrogens (tertiary/aromatic N) is 1. The van der Waals surface area contributed by atoms with Crippen LogP contribution < -0.4 is 5.73 Å². The molecule has 0 aliphatic carbocycles. The number of hydrogen-bond acceptors (Lipinski definition) is 2. The van der Waals surface area contributed by atoms with Crippen LogP contribution in [-0.4, -0.2) is 5.71 Å². The second kappa shape index (κ2) is 4.65. The van der Waals surface area contributed by atoms with Crippen LogP contribution in [0.25, 0.3) is 0 Å². The molecule has 0 aliphatic rings. The summed E-state index contributed by atoms with van der Waals surface area (Å²) in [5, 5.41) is 0. The van der Waals surface area contributed by atoms with E-state index in [9.17, 15) is 0 Å². The highest BCUT2D eigenvalue weighted by Crippen LogP contribution is 2.32. The van der Waals surface area contributed by atoms with Crippen LogP contribution in [0.3, 0.4) is 0 Å². The Kier molecular flexibility index (Phi) is 4.32. The second-order valence-corrected chi connectivity index (χ2v) is 5.74. The van der Waals surface area contributed by atoms with Gasteiger partial charge in [0.15, 0.2) is 0 Å². The molecule has 15 heavy (non-hydrogen) atoms. The van der Waals surface area contributed by atoms with Crippen LogP contribution in [0.1, 0.15) is 41.5 Å². The number of rotatable bonds is 2. The van der Waals surface area contributed by atoms with E-state index in [1.807, 2.05) is 0 Å². The lowest BCUT2D eigenvalue weighted by Crippen LogP contribution is -2.29. The Balaban J connectivity index is 5.48. The van der Waals surface area contributed by atoms with Gasteiger partial charge in [-0.05, 0) is 17.2 Å². The van der Waals surface area contributed by atoms with Crippen molar-refractivity contribution in [2.45, 2.75) is 41.5 Å². The molecule has 0 saturated heterocycles. The Bertz CT molecular complexity index is 283. The molecule has 0 rings (SSSR count). The van der Waals surface area contributed by atoms with Crippen molar-refractivity contribution in [3.8, 4) is 0 Å². The van der Waals surface area contributed by atoms with E-state index in [-0.39, 0.29) is 10.8 Å². The van der Waals surface area contributed by atoms with Gasteiger partial charge in [0, 0.05) is 11.6 Å². The van der Waals surface area contributed by atoms with E-state index in [0.717, 1.165) is 11.3 Å². The van der Waals surface area contributed by atoms with E-state index in [4.69, 9.17) is 5.73 Å². The molecular weight excluding hydrogens is 184 g/mol. The van der Waals surface area contributed by atoms with Crippen molar-refractivity contribution in [3.05, 3.63) is 24.6 Å². The average molecular weight is 208 g/mol.